The number of hydrogen-bond donors (Lipinski definition) is 2. The molecule has 0 atom stereocenters. The number of piperazine rings is 1. The fourth-order valence-electron chi connectivity index (χ4n) is 3.71. The Morgan fingerprint density at radius 1 is 1.14 bits per heavy atom. The first kappa shape index (κ1) is 19.1. The quantitative estimate of drug-likeness (QED) is 0.670. The van der Waals surface area contributed by atoms with Gasteiger partial charge in [-0.25, -0.2) is 9.67 Å². The highest BCUT2D eigenvalue weighted by molar-refractivity contribution is 5.91. The number of benzene rings is 1. The van der Waals surface area contributed by atoms with Gasteiger partial charge in [0.25, 0.3) is 11.7 Å². The molecule has 1 aliphatic rings. The summed E-state index contributed by atoms with van der Waals surface area (Å²) in [7, 11) is 0. The average molecular weight is 393 g/mol. The van der Waals surface area contributed by atoms with Crippen LogP contribution in [-0.4, -0.2) is 48.4 Å². The summed E-state index contributed by atoms with van der Waals surface area (Å²) in [5.74, 6) is 1.87. The molecule has 0 spiro atoms. The van der Waals surface area contributed by atoms with E-state index in [1.807, 2.05) is 55.6 Å². The van der Waals surface area contributed by atoms with Gasteiger partial charge >= 0.3 is 0 Å². The van der Waals surface area contributed by atoms with Gasteiger partial charge in [-0.2, -0.15) is 5.10 Å². The van der Waals surface area contributed by atoms with Crippen molar-refractivity contribution in [1.29, 1.82) is 0 Å². The molecular weight excluding hydrogens is 364 g/mol. The molecule has 3 N–H and O–H groups in total. The molecule has 150 valence electrons. The number of carbonyl (C=O) groups excluding carboxylic acids is 1. The lowest BCUT2D eigenvalue weighted by Gasteiger charge is -2.27. The van der Waals surface area contributed by atoms with Crippen LogP contribution in [0, 0.1) is 13.8 Å². The zero-order chi connectivity index (χ0) is 20.2. The fraction of sp³-hybridized carbons (Fsp3) is 0.318. The molecule has 1 aromatic carbocycles. The molecule has 29 heavy (non-hydrogen) atoms. The van der Waals surface area contributed by atoms with E-state index in [4.69, 9.17) is 0 Å². The van der Waals surface area contributed by atoms with Gasteiger partial charge in [0, 0.05) is 12.1 Å². The molecule has 7 nitrogen and oxygen atoms in total. The van der Waals surface area contributed by atoms with E-state index in [-0.39, 0.29) is 5.91 Å². The summed E-state index contributed by atoms with van der Waals surface area (Å²) in [6.07, 6.45) is 1.95. The average Bonchev–Trinajstić information content (AvgIpc) is 3.09. The number of hydrogen-bond acceptors (Lipinski definition) is 3. The van der Waals surface area contributed by atoms with E-state index in [0.29, 0.717) is 12.4 Å². The lowest BCUT2D eigenvalue weighted by Crippen LogP contribution is -3.15. The summed E-state index contributed by atoms with van der Waals surface area (Å²) in [6.45, 7) is 8.20. The third-order valence-corrected chi connectivity index (χ3v) is 5.29. The molecule has 0 unspecified atom stereocenters. The monoisotopic (exact) mass is 392 g/mol. The normalized spacial score (nSPS) is 14.8. The van der Waals surface area contributed by atoms with Crippen molar-refractivity contribution in [3.05, 3.63) is 66.0 Å². The molecule has 1 amide bonds. The molecule has 1 fully saturated rings. The number of carbonyl (C=O) groups is 1. The number of H-pyrrole nitrogens is 1. The summed E-state index contributed by atoms with van der Waals surface area (Å²) in [4.78, 5) is 19.6. The summed E-state index contributed by atoms with van der Waals surface area (Å²) in [5.41, 5.74) is 3.01. The third-order valence-electron chi connectivity index (χ3n) is 5.29. The number of amides is 1. The number of rotatable bonds is 5. The summed E-state index contributed by atoms with van der Waals surface area (Å²) in [5, 5.41) is 7.59. The van der Waals surface area contributed by atoms with E-state index in [0.717, 1.165) is 43.4 Å². The molecule has 3 heterocycles. The highest BCUT2D eigenvalue weighted by atomic mass is 16.2. The van der Waals surface area contributed by atoms with Gasteiger partial charge in [0.2, 0.25) is 0 Å². The Kier molecular flexibility index (Phi) is 5.57. The minimum atomic E-state index is 0.0213. The first-order valence-corrected chi connectivity index (χ1v) is 10.1. The number of nitrogens with zero attached hydrogens (tertiary/aromatic N) is 3. The van der Waals surface area contributed by atoms with Crippen molar-refractivity contribution < 1.29 is 14.7 Å². The minimum Gasteiger partial charge on any atom is -0.321 e. The Balaban J connectivity index is 1.35. The second-order valence-electron chi connectivity index (χ2n) is 7.63. The first-order chi connectivity index (χ1) is 14.1. The van der Waals surface area contributed by atoms with Crippen LogP contribution >= 0.6 is 0 Å². The molecule has 4 rings (SSSR count). The Hall–Kier alpha value is -3.19. The predicted molar refractivity (Wildman–Crippen MR) is 112 cm³/mol. The smallest absolute Gasteiger partial charge is 0.280 e. The highest BCUT2D eigenvalue weighted by Gasteiger charge is 2.27. The molecule has 0 saturated carbocycles. The van der Waals surface area contributed by atoms with Crippen molar-refractivity contribution in [2.75, 3.05) is 42.9 Å². The van der Waals surface area contributed by atoms with E-state index < -0.39 is 0 Å². The van der Waals surface area contributed by atoms with Crippen LogP contribution in [0.15, 0.2) is 54.7 Å². The van der Waals surface area contributed by atoms with Crippen LogP contribution in [-0.2, 0) is 4.79 Å². The Labute approximate surface area is 171 Å². The van der Waals surface area contributed by atoms with E-state index >= 15 is 0 Å². The number of nitrogens with one attached hydrogen (secondary N) is 3. The Morgan fingerprint density at radius 3 is 2.59 bits per heavy atom. The molecule has 3 aromatic rings. The molecule has 1 saturated heterocycles. The van der Waals surface area contributed by atoms with Crippen molar-refractivity contribution in [3.63, 3.8) is 0 Å². The number of aromatic amines is 1. The number of aromatic nitrogens is 3. The maximum atomic E-state index is 12.7. The maximum absolute atomic E-state index is 12.7. The first-order valence-electron chi connectivity index (χ1n) is 10.1. The van der Waals surface area contributed by atoms with Crippen molar-refractivity contribution in [1.82, 2.24) is 9.78 Å². The van der Waals surface area contributed by atoms with Gasteiger partial charge in [0.1, 0.15) is 32.0 Å². The van der Waals surface area contributed by atoms with Gasteiger partial charge in [-0.05, 0) is 32.0 Å². The van der Waals surface area contributed by atoms with Crippen molar-refractivity contribution in [3.8, 4) is 5.69 Å². The van der Waals surface area contributed by atoms with Crippen LogP contribution in [0.1, 0.15) is 11.3 Å². The summed E-state index contributed by atoms with van der Waals surface area (Å²) >= 11 is 0. The van der Waals surface area contributed by atoms with Crippen LogP contribution < -0.4 is 20.1 Å². The topological polar surface area (TPSA) is 68.7 Å². The zero-order valence-electron chi connectivity index (χ0n) is 17.0. The minimum absolute atomic E-state index is 0.0213. The molecule has 7 heteroatoms. The van der Waals surface area contributed by atoms with Gasteiger partial charge in [-0.1, -0.05) is 23.8 Å². The lowest BCUT2D eigenvalue weighted by molar-refractivity contribution is -0.892. The van der Waals surface area contributed by atoms with Crippen LogP contribution in [0.5, 0.6) is 0 Å². The van der Waals surface area contributed by atoms with Gasteiger partial charge in [-0.15, -0.1) is 0 Å². The van der Waals surface area contributed by atoms with Crippen LogP contribution in [0.2, 0.25) is 0 Å². The predicted octanol–water partition coefficient (Wildman–Crippen LogP) is 0.647. The van der Waals surface area contributed by atoms with Crippen molar-refractivity contribution in [2.45, 2.75) is 13.8 Å². The summed E-state index contributed by atoms with van der Waals surface area (Å²) < 4.78 is 1.80. The maximum Gasteiger partial charge on any atom is 0.280 e. The second-order valence-corrected chi connectivity index (χ2v) is 7.63. The number of pyridine rings is 1. The van der Waals surface area contributed by atoms with Crippen LogP contribution in [0.4, 0.5) is 11.6 Å². The largest absolute Gasteiger partial charge is 0.321 e. The lowest BCUT2D eigenvalue weighted by atomic mass is 10.2. The third kappa shape index (κ3) is 4.63. The van der Waals surface area contributed by atoms with E-state index in [1.54, 1.807) is 4.68 Å². The number of quaternary nitrogens is 1. The SMILES string of the molecule is Cc1ccc(-n2nc(C)cc2NC(=O)C[NH+]2CCN(c3cccc[nH+]3)CC2)cc1. The molecule has 0 aliphatic carbocycles. The molecule has 0 bridgehead atoms. The van der Waals surface area contributed by atoms with Gasteiger partial charge < -0.3 is 10.2 Å². The van der Waals surface area contributed by atoms with Gasteiger partial charge in [0.15, 0.2) is 6.54 Å². The Bertz CT molecular complexity index is 959. The van der Waals surface area contributed by atoms with E-state index in [9.17, 15) is 4.79 Å². The van der Waals surface area contributed by atoms with E-state index in [1.165, 1.54) is 10.5 Å². The zero-order valence-corrected chi connectivity index (χ0v) is 17.0. The van der Waals surface area contributed by atoms with Crippen LogP contribution in [0.25, 0.3) is 5.69 Å². The standard InChI is InChI=1S/C22H26N6O/c1-17-6-8-19(9-7-17)28-21(15-18(2)25-28)24-22(29)16-26-11-13-27(14-12-26)20-5-3-4-10-23-20/h3-10,15H,11-14,16H2,1-2H3,(H,24,29)/p+2. The molecule has 2 aromatic heterocycles. The van der Waals surface area contributed by atoms with Crippen molar-refractivity contribution >= 4 is 17.5 Å². The van der Waals surface area contributed by atoms with Crippen molar-refractivity contribution in [2.24, 2.45) is 0 Å². The van der Waals surface area contributed by atoms with Crippen LogP contribution in [0.3, 0.4) is 0 Å². The highest BCUT2D eigenvalue weighted by Crippen LogP contribution is 2.17. The fourth-order valence-corrected chi connectivity index (χ4v) is 3.71. The molecule has 0 radical (unpaired) electrons. The molecular formula is C22H28N6O+2. The Morgan fingerprint density at radius 2 is 1.90 bits per heavy atom. The second kappa shape index (κ2) is 8.45. The molecule has 1 aliphatic heterocycles. The van der Waals surface area contributed by atoms with Gasteiger partial charge in [-0.3, -0.25) is 9.69 Å². The summed E-state index contributed by atoms with van der Waals surface area (Å²) in [6, 6.07) is 16.2. The van der Waals surface area contributed by atoms with E-state index in [2.05, 4.69) is 33.3 Å². The number of anilines is 2. The number of aryl methyl sites for hydroxylation is 2. The van der Waals surface area contributed by atoms with Gasteiger partial charge in [0.05, 0.1) is 17.6 Å².